The van der Waals surface area contributed by atoms with Crippen molar-refractivity contribution in [3.63, 3.8) is 0 Å². The Labute approximate surface area is 89.2 Å². The summed E-state index contributed by atoms with van der Waals surface area (Å²) in [6.07, 6.45) is 2.38. The van der Waals surface area contributed by atoms with Gasteiger partial charge in [-0.25, -0.2) is 4.79 Å². The Morgan fingerprint density at radius 3 is 2.67 bits per heavy atom. The van der Waals surface area contributed by atoms with Gasteiger partial charge in [-0.2, -0.15) is 0 Å². The summed E-state index contributed by atoms with van der Waals surface area (Å²) < 4.78 is 9.68. The lowest BCUT2D eigenvalue weighted by atomic mass is 9.89. The number of carbonyl (C=O) groups is 2. The van der Waals surface area contributed by atoms with Crippen LogP contribution in [0.3, 0.4) is 0 Å². The number of allylic oxidation sites excluding steroid dienone is 1. The molecule has 1 aliphatic heterocycles. The van der Waals surface area contributed by atoms with Gasteiger partial charge in [-0.1, -0.05) is 13.8 Å². The Morgan fingerprint density at radius 2 is 2.20 bits per heavy atom. The van der Waals surface area contributed by atoms with Gasteiger partial charge in [-0.3, -0.25) is 4.79 Å². The topological polar surface area (TPSA) is 52.6 Å². The molecule has 0 fully saturated rings. The summed E-state index contributed by atoms with van der Waals surface area (Å²) >= 11 is 0. The van der Waals surface area contributed by atoms with Crippen LogP contribution in [-0.4, -0.2) is 18.5 Å². The lowest BCUT2D eigenvalue weighted by Crippen LogP contribution is -2.30. The molecule has 0 bridgehead atoms. The Hall–Kier alpha value is -1.32. The maximum Gasteiger partial charge on any atom is 0.374 e. The standard InChI is InChI=1S/C11H16O4/c1-4-8-7(3)6-9(15-10(8)12)11(13)14-5-2/h6-8H,4-5H2,1-3H3/t7-,8-/m0/s1. The van der Waals surface area contributed by atoms with Crippen LogP contribution in [0, 0.1) is 11.8 Å². The number of ether oxygens (including phenoxy) is 2. The van der Waals surface area contributed by atoms with E-state index in [-0.39, 0.29) is 30.2 Å². The van der Waals surface area contributed by atoms with E-state index in [9.17, 15) is 9.59 Å². The fourth-order valence-electron chi connectivity index (χ4n) is 1.64. The largest absolute Gasteiger partial charge is 0.460 e. The molecular formula is C11H16O4. The maximum atomic E-state index is 11.5. The van der Waals surface area contributed by atoms with E-state index in [0.717, 1.165) is 0 Å². The molecule has 0 spiro atoms. The molecule has 0 amide bonds. The van der Waals surface area contributed by atoms with Crippen LogP contribution in [0.4, 0.5) is 0 Å². The molecule has 4 heteroatoms. The summed E-state index contributed by atoms with van der Waals surface area (Å²) in [5.74, 6) is -0.999. The molecular weight excluding hydrogens is 196 g/mol. The van der Waals surface area contributed by atoms with Crippen LogP contribution in [0.25, 0.3) is 0 Å². The zero-order valence-electron chi connectivity index (χ0n) is 9.28. The minimum Gasteiger partial charge on any atom is -0.460 e. The van der Waals surface area contributed by atoms with E-state index in [4.69, 9.17) is 9.47 Å². The van der Waals surface area contributed by atoms with Crippen molar-refractivity contribution >= 4 is 11.9 Å². The summed E-state index contributed by atoms with van der Waals surface area (Å²) in [6, 6.07) is 0. The molecule has 15 heavy (non-hydrogen) atoms. The minimum absolute atomic E-state index is 0.0238. The van der Waals surface area contributed by atoms with Crippen LogP contribution in [-0.2, 0) is 19.1 Å². The third-order valence-electron chi connectivity index (χ3n) is 2.48. The van der Waals surface area contributed by atoms with Crippen LogP contribution < -0.4 is 0 Å². The summed E-state index contributed by atoms with van der Waals surface area (Å²) in [5, 5.41) is 0. The van der Waals surface area contributed by atoms with E-state index in [1.807, 2.05) is 13.8 Å². The van der Waals surface area contributed by atoms with Crippen molar-refractivity contribution in [2.24, 2.45) is 11.8 Å². The number of rotatable bonds is 3. The Balaban J connectivity index is 2.78. The van der Waals surface area contributed by atoms with Crippen molar-refractivity contribution in [3.05, 3.63) is 11.8 Å². The van der Waals surface area contributed by atoms with Crippen molar-refractivity contribution in [3.8, 4) is 0 Å². The monoisotopic (exact) mass is 212 g/mol. The summed E-state index contributed by atoms with van der Waals surface area (Å²) in [6.45, 7) is 5.81. The Bertz CT molecular complexity index is 293. The van der Waals surface area contributed by atoms with Gasteiger partial charge in [0.1, 0.15) is 0 Å². The highest BCUT2D eigenvalue weighted by molar-refractivity contribution is 5.91. The lowest BCUT2D eigenvalue weighted by molar-refractivity contribution is -0.156. The lowest BCUT2D eigenvalue weighted by Gasteiger charge is -2.24. The van der Waals surface area contributed by atoms with Gasteiger partial charge in [-0.15, -0.1) is 0 Å². The van der Waals surface area contributed by atoms with Crippen LogP contribution in [0.2, 0.25) is 0 Å². The maximum absolute atomic E-state index is 11.5. The summed E-state index contributed by atoms with van der Waals surface area (Å²) in [4.78, 5) is 22.8. The van der Waals surface area contributed by atoms with Gasteiger partial charge in [0.05, 0.1) is 12.5 Å². The number of hydrogen-bond donors (Lipinski definition) is 0. The summed E-state index contributed by atoms with van der Waals surface area (Å²) in [5.41, 5.74) is 0. The zero-order chi connectivity index (χ0) is 11.4. The molecule has 0 aromatic rings. The van der Waals surface area contributed by atoms with Gasteiger partial charge in [0.15, 0.2) is 0 Å². The molecule has 1 rings (SSSR count). The summed E-state index contributed by atoms with van der Waals surface area (Å²) in [7, 11) is 0. The van der Waals surface area contributed by atoms with Crippen molar-refractivity contribution in [2.75, 3.05) is 6.61 Å². The highest BCUT2D eigenvalue weighted by Gasteiger charge is 2.32. The van der Waals surface area contributed by atoms with Gasteiger partial charge in [0.25, 0.3) is 0 Å². The fraction of sp³-hybridized carbons (Fsp3) is 0.636. The van der Waals surface area contributed by atoms with Gasteiger partial charge in [0, 0.05) is 0 Å². The molecule has 0 radical (unpaired) electrons. The average molecular weight is 212 g/mol. The average Bonchev–Trinajstić information content (AvgIpc) is 2.17. The number of cyclic esters (lactones) is 1. The first-order chi connectivity index (χ1) is 7.10. The zero-order valence-corrected chi connectivity index (χ0v) is 9.28. The van der Waals surface area contributed by atoms with Gasteiger partial charge in [0.2, 0.25) is 5.76 Å². The second-order valence-corrected chi connectivity index (χ2v) is 3.55. The second kappa shape index (κ2) is 4.96. The van der Waals surface area contributed by atoms with Gasteiger partial charge < -0.3 is 9.47 Å². The van der Waals surface area contributed by atoms with E-state index in [1.165, 1.54) is 0 Å². The molecule has 0 saturated heterocycles. The Morgan fingerprint density at radius 1 is 1.53 bits per heavy atom. The third kappa shape index (κ3) is 2.58. The molecule has 0 aromatic carbocycles. The smallest absolute Gasteiger partial charge is 0.374 e. The van der Waals surface area contributed by atoms with E-state index >= 15 is 0 Å². The van der Waals surface area contributed by atoms with E-state index in [2.05, 4.69) is 0 Å². The van der Waals surface area contributed by atoms with Crippen LogP contribution in [0.5, 0.6) is 0 Å². The van der Waals surface area contributed by atoms with Gasteiger partial charge in [-0.05, 0) is 25.3 Å². The van der Waals surface area contributed by atoms with E-state index < -0.39 is 5.97 Å². The third-order valence-corrected chi connectivity index (χ3v) is 2.48. The van der Waals surface area contributed by atoms with E-state index in [0.29, 0.717) is 6.42 Å². The molecule has 1 aliphatic rings. The first-order valence-electron chi connectivity index (χ1n) is 5.20. The van der Waals surface area contributed by atoms with Crippen molar-refractivity contribution in [1.82, 2.24) is 0 Å². The molecule has 0 saturated carbocycles. The number of hydrogen-bond acceptors (Lipinski definition) is 4. The fourth-order valence-corrected chi connectivity index (χ4v) is 1.64. The highest BCUT2D eigenvalue weighted by Crippen LogP contribution is 2.26. The number of carbonyl (C=O) groups excluding carboxylic acids is 2. The second-order valence-electron chi connectivity index (χ2n) is 3.55. The van der Waals surface area contributed by atoms with Crippen LogP contribution >= 0.6 is 0 Å². The molecule has 0 aliphatic carbocycles. The van der Waals surface area contributed by atoms with Crippen LogP contribution in [0.15, 0.2) is 11.8 Å². The van der Waals surface area contributed by atoms with Crippen molar-refractivity contribution in [1.29, 1.82) is 0 Å². The first-order valence-corrected chi connectivity index (χ1v) is 5.20. The SMILES string of the molecule is CCOC(=O)C1=C[C@H](C)[C@H](CC)C(=O)O1. The van der Waals surface area contributed by atoms with Crippen molar-refractivity contribution < 1.29 is 19.1 Å². The van der Waals surface area contributed by atoms with Crippen molar-refractivity contribution in [2.45, 2.75) is 27.2 Å². The van der Waals surface area contributed by atoms with E-state index in [1.54, 1.807) is 13.0 Å². The molecule has 84 valence electrons. The predicted octanol–water partition coefficient (Wildman–Crippen LogP) is 1.65. The molecule has 2 atom stereocenters. The van der Waals surface area contributed by atoms with Crippen LogP contribution in [0.1, 0.15) is 27.2 Å². The van der Waals surface area contributed by atoms with Gasteiger partial charge >= 0.3 is 11.9 Å². The minimum atomic E-state index is -0.563. The Kier molecular flexibility index (Phi) is 3.88. The molecule has 0 unspecified atom stereocenters. The molecule has 1 heterocycles. The normalized spacial score (nSPS) is 25.5. The number of esters is 2. The highest BCUT2D eigenvalue weighted by atomic mass is 16.6. The molecule has 0 aromatic heterocycles. The first kappa shape index (κ1) is 11.8. The predicted molar refractivity (Wildman–Crippen MR) is 53.8 cm³/mol. The molecule has 4 nitrogen and oxygen atoms in total. The molecule has 0 N–H and O–H groups in total. The quantitative estimate of drug-likeness (QED) is 0.667.